The maximum atomic E-state index is 12.9. The van der Waals surface area contributed by atoms with E-state index in [0.717, 1.165) is 23.5 Å². The number of hydrogen-bond acceptors (Lipinski definition) is 5. The Balaban J connectivity index is 1.86. The van der Waals surface area contributed by atoms with E-state index < -0.39 is 23.7 Å². The highest BCUT2D eigenvalue weighted by molar-refractivity contribution is 7.22. The van der Waals surface area contributed by atoms with Gasteiger partial charge >= 0.3 is 12.3 Å². The Morgan fingerprint density at radius 3 is 2.52 bits per heavy atom. The number of halogens is 4. The summed E-state index contributed by atoms with van der Waals surface area (Å²) in [5.74, 6) is -0.667. The van der Waals surface area contributed by atoms with Gasteiger partial charge in [-0.25, -0.2) is 9.78 Å². The summed E-state index contributed by atoms with van der Waals surface area (Å²) >= 11 is 6.89. The highest BCUT2D eigenvalue weighted by Crippen LogP contribution is 2.34. The Bertz CT molecular complexity index is 1130. The molecule has 2 amide bonds. The summed E-state index contributed by atoms with van der Waals surface area (Å²) < 4.78 is 44.3. The Kier molecular flexibility index (Phi) is 6.71. The van der Waals surface area contributed by atoms with E-state index in [1.165, 1.54) is 29.2 Å². The number of rotatable bonds is 5. The molecule has 1 aromatic heterocycles. The monoisotopic (exact) mass is 471 g/mol. The Morgan fingerprint density at radius 2 is 1.87 bits per heavy atom. The second kappa shape index (κ2) is 9.11. The summed E-state index contributed by atoms with van der Waals surface area (Å²) in [7, 11) is 0. The Hall–Kier alpha value is -2.85. The molecule has 0 radical (unpaired) electrons. The average Bonchev–Trinajstić information content (AvgIpc) is 3.11. The third-order valence-corrected chi connectivity index (χ3v) is 5.51. The fourth-order valence-corrected chi connectivity index (χ4v) is 3.80. The summed E-state index contributed by atoms with van der Waals surface area (Å²) in [6.45, 7) is 4.43. The maximum Gasteiger partial charge on any atom is 0.416 e. The summed E-state index contributed by atoms with van der Waals surface area (Å²) in [4.78, 5) is 30.6. The molecule has 0 aliphatic heterocycles. The van der Waals surface area contributed by atoms with E-state index in [0.29, 0.717) is 18.6 Å². The number of ether oxygens (including phenoxy) is 1. The zero-order valence-electron chi connectivity index (χ0n) is 16.4. The molecule has 0 bridgehead atoms. The molecule has 3 rings (SSSR count). The summed E-state index contributed by atoms with van der Waals surface area (Å²) in [5, 5.41) is 2.87. The van der Waals surface area contributed by atoms with Crippen molar-refractivity contribution < 1.29 is 27.5 Å². The molecule has 0 spiro atoms. The van der Waals surface area contributed by atoms with Crippen LogP contribution in [0.25, 0.3) is 10.2 Å². The minimum Gasteiger partial charge on any atom is -0.409 e. The van der Waals surface area contributed by atoms with Crippen LogP contribution >= 0.6 is 22.9 Å². The minimum atomic E-state index is -4.48. The van der Waals surface area contributed by atoms with Crippen molar-refractivity contribution in [2.24, 2.45) is 0 Å². The van der Waals surface area contributed by atoms with Gasteiger partial charge in [0.1, 0.15) is 5.75 Å². The number of alkyl halides is 3. The molecule has 0 atom stereocenters. The van der Waals surface area contributed by atoms with Gasteiger partial charge < -0.3 is 9.64 Å². The van der Waals surface area contributed by atoms with Gasteiger partial charge in [0.05, 0.1) is 21.3 Å². The number of nitrogens with one attached hydrogen (secondary N) is 1. The highest BCUT2D eigenvalue weighted by Gasteiger charge is 2.31. The summed E-state index contributed by atoms with van der Waals surface area (Å²) in [6.07, 6.45) is -5.10. The molecule has 0 fully saturated rings. The lowest BCUT2D eigenvalue weighted by atomic mass is 10.2. The molecule has 0 saturated heterocycles. The van der Waals surface area contributed by atoms with Crippen LogP contribution in [0, 0.1) is 0 Å². The van der Waals surface area contributed by atoms with Crippen LogP contribution in [-0.2, 0) is 6.18 Å². The molecule has 1 N–H and O–H groups in total. The molecule has 2 aromatic carbocycles. The van der Waals surface area contributed by atoms with Gasteiger partial charge in [0, 0.05) is 18.1 Å². The summed E-state index contributed by atoms with van der Waals surface area (Å²) in [5.41, 5.74) is -0.502. The van der Waals surface area contributed by atoms with Gasteiger partial charge in [-0.2, -0.15) is 13.2 Å². The molecular weight excluding hydrogens is 455 g/mol. The van der Waals surface area contributed by atoms with Crippen LogP contribution in [0.5, 0.6) is 5.75 Å². The first-order valence-electron chi connectivity index (χ1n) is 9.17. The Morgan fingerprint density at radius 1 is 1.16 bits per heavy atom. The molecule has 0 aliphatic carbocycles. The van der Waals surface area contributed by atoms with Gasteiger partial charge in [0.15, 0.2) is 5.13 Å². The number of benzene rings is 2. The van der Waals surface area contributed by atoms with E-state index >= 15 is 0 Å². The van der Waals surface area contributed by atoms with Gasteiger partial charge in [-0.15, -0.1) is 0 Å². The predicted octanol–water partition coefficient (Wildman–Crippen LogP) is 6.06. The van der Waals surface area contributed by atoms with Crippen LogP contribution in [0.1, 0.15) is 29.8 Å². The molecule has 3 aromatic rings. The van der Waals surface area contributed by atoms with Crippen LogP contribution in [0.4, 0.5) is 23.1 Å². The van der Waals surface area contributed by atoms with Gasteiger partial charge in [-0.3, -0.25) is 10.1 Å². The van der Waals surface area contributed by atoms with E-state index in [4.69, 9.17) is 16.3 Å². The zero-order valence-corrected chi connectivity index (χ0v) is 18.0. The third kappa shape index (κ3) is 5.26. The van der Waals surface area contributed by atoms with E-state index in [1.807, 2.05) is 0 Å². The highest BCUT2D eigenvalue weighted by atomic mass is 35.5. The number of fused-ring (bicyclic) bond motifs is 1. The van der Waals surface area contributed by atoms with E-state index in [1.54, 1.807) is 13.8 Å². The number of thiazole rings is 1. The minimum absolute atomic E-state index is 0.000677. The summed E-state index contributed by atoms with van der Waals surface area (Å²) in [6, 6.07) is 7.33. The van der Waals surface area contributed by atoms with Crippen molar-refractivity contribution in [2.45, 2.75) is 20.0 Å². The van der Waals surface area contributed by atoms with Crippen molar-refractivity contribution in [1.29, 1.82) is 0 Å². The van der Waals surface area contributed by atoms with Crippen molar-refractivity contribution in [1.82, 2.24) is 9.88 Å². The predicted molar refractivity (Wildman–Crippen MR) is 113 cm³/mol. The smallest absolute Gasteiger partial charge is 0.409 e. The number of carbonyl (C=O) groups excluding carboxylic acids is 2. The van der Waals surface area contributed by atoms with Crippen molar-refractivity contribution in [3.63, 3.8) is 0 Å². The van der Waals surface area contributed by atoms with Crippen molar-refractivity contribution in [3.05, 3.63) is 52.5 Å². The molecule has 0 saturated carbocycles. The standard InChI is InChI=1S/C20H17ClF3N3O3S/c1-3-27(4-2)19(29)30-15-8-6-12(21)10-13(15)17(28)26-18-25-14-7-5-11(20(22,23)24)9-16(14)31-18/h5-10H,3-4H2,1-2H3,(H,25,26,28). The molecule has 31 heavy (non-hydrogen) atoms. The largest absolute Gasteiger partial charge is 0.416 e. The number of amides is 2. The fraction of sp³-hybridized carbons (Fsp3) is 0.250. The first kappa shape index (κ1) is 22.8. The van der Waals surface area contributed by atoms with Gasteiger partial charge in [-0.1, -0.05) is 22.9 Å². The van der Waals surface area contributed by atoms with Crippen molar-refractivity contribution in [3.8, 4) is 5.75 Å². The Labute approximate surface area is 184 Å². The second-order valence-corrected chi connectivity index (χ2v) is 7.80. The maximum absolute atomic E-state index is 12.9. The van der Waals surface area contributed by atoms with E-state index in [9.17, 15) is 22.8 Å². The second-order valence-electron chi connectivity index (χ2n) is 6.33. The lowest BCUT2D eigenvalue weighted by Crippen LogP contribution is -2.33. The lowest BCUT2D eigenvalue weighted by molar-refractivity contribution is -0.137. The van der Waals surface area contributed by atoms with E-state index in [-0.39, 0.29) is 26.2 Å². The topological polar surface area (TPSA) is 71.5 Å². The molecular formula is C20H17ClF3N3O3S. The fourth-order valence-electron chi connectivity index (χ4n) is 2.73. The van der Waals surface area contributed by atoms with Crippen LogP contribution in [0.2, 0.25) is 5.02 Å². The molecule has 164 valence electrons. The average molecular weight is 472 g/mol. The first-order valence-corrected chi connectivity index (χ1v) is 10.4. The third-order valence-electron chi connectivity index (χ3n) is 4.34. The number of hydrogen-bond donors (Lipinski definition) is 1. The number of anilines is 1. The van der Waals surface area contributed by atoms with Gasteiger partial charge in [0.25, 0.3) is 5.91 Å². The van der Waals surface area contributed by atoms with Crippen molar-refractivity contribution in [2.75, 3.05) is 18.4 Å². The quantitative estimate of drug-likeness (QED) is 0.491. The van der Waals surface area contributed by atoms with Crippen LogP contribution in [0.3, 0.4) is 0 Å². The number of aromatic nitrogens is 1. The van der Waals surface area contributed by atoms with Gasteiger partial charge in [-0.05, 0) is 50.2 Å². The zero-order chi connectivity index (χ0) is 22.8. The molecule has 6 nitrogen and oxygen atoms in total. The first-order chi connectivity index (χ1) is 14.6. The molecule has 1 heterocycles. The van der Waals surface area contributed by atoms with Gasteiger partial charge in [0.2, 0.25) is 0 Å². The molecule has 11 heteroatoms. The number of nitrogens with zero attached hydrogens (tertiary/aromatic N) is 2. The molecule has 0 aliphatic rings. The van der Waals surface area contributed by atoms with Crippen LogP contribution < -0.4 is 10.1 Å². The normalized spacial score (nSPS) is 11.4. The molecule has 0 unspecified atom stereocenters. The van der Waals surface area contributed by atoms with Crippen molar-refractivity contribution >= 4 is 50.3 Å². The van der Waals surface area contributed by atoms with Crippen LogP contribution in [0.15, 0.2) is 36.4 Å². The number of carbonyl (C=O) groups is 2. The SMILES string of the molecule is CCN(CC)C(=O)Oc1ccc(Cl)cc1C(=O)Nc1nc2ccc(C(F)(F)F)cc2s1. The lowest BCUT2D eigenvalue weighted by Gasteiger charge is -2.19. The van der Waals surface area contributed by atoms with E-state index in [2.05, 4.69) is 10.3 Å². The van der Waals surface area contributed by atoms with Crippen LogP contribution in [-0.4, -0.2) is 35.0 Å².